The van der Waals surface area contributed by atoms with E-state index in [9.17, 15) is 4.79 Å². The molecule has 1 aromatic heterocycles. The first kappa shape index (κ1) is 16.6. The molecule has 0 saturated carbocycles. The van der Waals surface area contributed by atoms with E-state index < -0.39 is 0 Å². The summed E-state index contributed by atoms with van der Waals surface area (Å²) in [5.41, 5.74) is 4.70. The Labute approximate surface area is 153 Å². The molecule has 26 heavy (non-hydrogen) atoms. The van der Waals surface area contributed by atoms with Gasteiger partial charge in [-0.2, -0.15) is 0 Å². The first-order valence-corrected chi connectivity index (χ1v) is 9.36. The topological polar surface area (TPSA) is 22.0 Å². The summed E-state index contributed by atoms with van der Waals surface area (Å²) in [5, 5.41) is 1.59. The fraction of sp³-hybridized carbons (Fsp3) is 0.208. The van der Waals surface area contributed by atoms with Gasteiger partial charge in [-0.3, -0.25) is 4.79 Å². The zero-order valence-electron chi connectivity index (χ0n) is 15.1. The van der Waals surface area contributed by atoms with Gasteiger partial charge in [0, 0.05) is 17.3 Å². The summed E-state index contributed by atoms with van der Waals surface area (Å²) < 4.78 is 2.29. The number of rotatable bonds is 5. The molecule has 4 rings (SSSR count). The van der Waals surface area contributed by atoms with Gasteiger partial charge in [-0.15, -0.1) is 0 Å². The summed E-state index contributed by atoms with van der Waals surface area (Å²) in [7, 11) is 0. The molecule has 0 unspecified atom stereocenters. The second-order valence-electron chi connectivity index (χ2n) is 6.87. The van der Waals surface area contributed by atoms with E-state index in [1.165, 1.54) is 24.0 Å². The van der Waals surface area contributed by atoms with Crippen molar-refractivity contribution in [1.82, 2.24) is 4.57 Å². The van der Waals surface area contributed by atoms with Crippen LogP contribution in [0.25, 0.3) is 21.8 Å². The largest absolute Gasteiger partial charge is 0.336 e. The van der Waals surface area contributed by atoms with Gasteiger partial charge >= 0.3 is 0 Å². The van der Waals surface area contributed by atoms with Crippen molar-refractivity contribution in [3.8, 4) is 0 Å². The number of benzene rings is 3. The second kappa shape index (κ2) is 7.17. The number of fused-ring (bicyclic) bond motifs is 2. The normalized spacial score (nSPS) is 11.3. The Bertz CT molecular complexity index is 1110. The Balaban J connectivity index is 1.99. The van der Waals surface area contributed by atoms with Gasteiger partial charge in [-0.1, -0.05) is 61.9 Å². The number of hydrogen-bond acceptors (Lipinski definition) is 1. The van der Waals surface area contributed by atoms with Crippen molar-refractivity contribution < 1.29 is 0 Å². The Morgan fingerprint density at radius 1 is 0.769 bits per heavy atom. The molecule has 3 aromatic carbocycles. The maximum atomic E-state index is 13.0. The molecule has 0 aliphatic rings. The zero-order chi connectivity index (χ0) is 17.9. The van der Waals surface area contributed by atoms with Gasteiger partial charge in [0.2, 0.25) is 0 Å². The fourth-order valence-electron chi connectivity index (χ4n) is 3.64. The fourth-order valence-corrected chi connectivity index (χ4v) is 3.64. The van der Waals surface area contributed by atoms with Crippen molar-refractivity contribution in [3.05, 3.63) is 94.1 Å². The van der Waals surface area contributed by atoms with Crippen LogP contribution in [0.1, 0.15) is 30.9 Å². The van der Waals surface area contributed by atoms with Gasteiger partial charge in [0.1, 0.15) is 0 Å². The van der Waals surface area contributed by atoms with Gasteiger partial charge in [0.25, 0.3) is 0 Å². The highest BCUT2D eigenvalue weighted by atomic mass is 16.1. The van der Waals surface area contributed by atoms with Crippen molar-refractivity contribution in [2.45, 2.75) is 32.7 Å². The molecule has 0 spiro atoms. The Morgan fingerprint density at radius 3 is 2.31 bits per heavy atom. The van der Waals surface area contributed by atoms with Crippen LogP contribution in [0.4, 0.5) is 0 Å². The SMILES string of the molecule is CCCCc1ccc2c(=O)c3ccccc3n(Cc3ccccc3)c2c1. The van der Waals surface area contributed by atoms with Crippen LogP contribution in [0.3, 0.4) is 0 Å². The van der Waals surface area contributed by atoms with E-state index in [2.05, 4.69) is 54.0 Å². The lowest BCUT2D eigenvalue weighted by Gasteiger charge is -2.16. The molecule has 4 aromatic rings. The molecule has 0 fully saturated rings. The number of hydrogen-bond donors (Lipinski definition) is 0. The highest BCUT2D eigenvalue weighted by Crippen LogP contribution is 2.22. The first-order chi connectivity index (χ1) is 12.8. The second-order valence-corrected chi connectivity index (χ2v) is 6.87. The molecule has 130 valence electrons. The summed E-state index contributed by atoms with van der Waals surface area (Å²) in [4.78, 5) is 13.0. The summed E-state index contributed by atoms with van der Waals surface area (Å²) >= 11 is 0. The quantitative estimate of drug-likeness (QED) is 0.436. The smallest absolute Gasteiger partial charge is 0.197 e. The molecule has 0 N–H and O–H groups in total. The van der Waals surface area contributed by atoms with Crippen LogP contribution in [0, 0.1) is 0 Å². The highest BCUT2D eigenvalue weighted by molar-refractivity contribution is 5.93. The van der Waals surface area contributed by atoms with Crippen molar-refractivity contribution in [2.24, 2.45) is 0 Å². The Morgan fingerprint density at radius 2 is 1.50 bits per heavy atom. The third-order valence-electron chi connectivity index (χ3n) is 5.04. The molecule has 0 amide bonds. The van der Waals surface area contributed by atoms with E-state index in [0.717, 1.165) is 34.8 Å². The summed E-state index contributed by atoms with van der Waals surface area (Å²) in [6.45, 7) is 2.97. The molecule has 1 heterocycles. The Hall–Kier alpha value is -2.87. The molecule has 0 radical (unpaired) electrons. The van der Waals surface area contributed by atoms with Crippen molar-refractivity contribution in [3.63, 3.8) is 0 Å². The summed E-state index contributed by atoms with van der Waals surface area (Å²) in [5.74, 6) is 0. The minimum Gasteiger partial charge on any atom is -0.336 e. The Kier molecular flexibility index (Phi) is 4.57. The van der Waals surface area contributed by atoms with Crippen molar-refractivity contribution in [1.29, 1.82) is 0 Å². The van der Waals surface area contributed by atoms with Crippen LogP contribution < -0.4 is 5.43 Å². The van der Waals surface area contributed by atoms with E-state index in [-0.39, 0.29) is 5.43 Å². The van der Waals surface area contributed by atoms with Gasteiger partial charge in [-0.05, 0) is 48.2 Å². The number of para-hydroxylation sites is 1. The molecular weight excluding hydrogens is 318 g/mol. The van der Waals surface area contributed by atoms with Crippen LogP contribution in [-0.4, -0.2) is 4.57 Å². The number of aryl methyl sites for hydroxylation is 1. The third-order valence-corrected chi connectivity index (χ3v) is 5.04. The van der Waals surface area contributed by atoms with Crippen molar-refractivity contribution >= 4 is 21.8 Å². The summed E-state index contributed by atoms with van der Waals surface area (Å²) in [6, 6.07) is 24.7. The average Bonchev–Trinajstić information content (AvgIpc) is 2.70. The van der Waals surface area contributed by atoms with Crippen LogP contribution in [0.2, 0.25) is 0 Å². The lowest BCUT2D eigenvalue weighted by molar-refractivity contribution is 0.794. The minimum atomic E-state index is 0.127. The third kappa shape index (κ3) is 3.03. The van der Waals surface area contributed by atoms with E-state index in [1.807, 2.05) is 30.3 Å². The van der Waals surface area contributed by atoms with Gasteiger partial charge in [0.05, 0.1) is 11.0 Å². The highest BCUT2D eigenvalue weighted by Gasteiger charge is 2.11. The predicted octanol–water partition coefficient (Wildman–Crippen LogP) is 5.55. The molecule has 2 heteroatoms. The van der Waals surface area contributed by atoms with E-state index >= 15 is 0 Å². The van der Waals surface area contributed by atoms with Gasteiger partial charge in [-0.25, -0.2) is 0 Å². The minimum absolute atomic E-state index is 0.127. The average molecular weight is 341 g/mol. The predicted molar refractivity (Wildman–Crippen MR) is 110 cm³/mol. The maximum absolute atomic E-state index is 13.0. The number of unbranched alkanes of at least 4 members (excludes halogenated alkanes) is 1. The molecule has 0 saturated heterocycles. The molecule has 2 nitrogen and oxygen atoms in total. The van der Waals surface area contributed by atoms with Crippen LogP contribution in [0.5, 0.6) is 0 Å². The standard InChI is InChI=1S/C24H23NO/c1-2-3-9-18-14-15-21-23(16-18)25(17-19-10-5-4-6-11-19)22-13-8-7-12-20(22)24(21)26/h4-8,10-16H,2-3,9,17H2,1H3. The molecule has 0 aliphatic carbocycles. The molecule has 0 bridgehead atoms. The van der Waals surface area contributed by atoms with Crippen molar-refractivity contribution in [2.75, 3.05) is 0 Å². The number of pyridine rings is 1. The van der Waals surface area contributed by atoms with Gasteiger partial charge in [0.15, 0.2) is 5.43 Å². The van der Waals surface area contributed by atoms with Gasteiger partial charge < -0.3 is 4.57 Å². The molecule has 0 atom stereocenters. The zero-order valence-corrected chi connectivity index (χ0v) is 15.1. The monoisotopic (exact) mass is 341 g/mol. The first-order valence-electron chi connectivity index (χ1n) is 9.36. The lowest BCUT2D eigenvalue weighted by atomic mass is 10.0. The molecular formula is C24H23NO. The van der Waals surface area contributed by atoms with E-state index in [1.54, 1.807) is 0 Å². The maximum Gasteiger partial charge on any atom is 0.197 e. The van der Waals surface area contributed by atoms with E-state index in [4.69, 9.17) is 0 Å². The lowest BCUT2D eigenvalue weighted by Crippen LogP contribution is -2.12. The van der Waals surface area contributed by atoms with Crippen LogP contribution >= 0.6 is 0 Å². The number of nitrogens with zero attached hydrogens (tertiary/aromatic N) is 1. The van der Waals surface area contributed by atoms with E-state index in [0.29, 0.717) is 0 Å². The summed E-state index contributed by atoms with van der Waals surface area (Å²) in [6.07, 6.45) is 3.40. The van der Waals surface area contributed by atoms with Crippen LogP contribution in [-0.2, 0) is 13.0 Å². The van der Waals surface area contributed by atoms with Crippen LogP contribution in [0.15, 0.2) is 77.6 Å². The number of aromatic nitrogens is 1. The molecule has 0 aliphatic heterocycles.